The Bertz CT molecular complexity index is 908. The molecule has 29 heavy (non-hydrogen) atoms. The Morgan fingerprint density at radius 1 is 1.10 bits per heavy atom. The number of rotatable bonds is 5. The summed E-state index contributed by atoms with van der Waals surface area (Å²) in [5, 5.41) is 2.80. The van der Waals surface area contributed by atoms with Gasteiger partial charge < -0.3 is 10.2 Å². The van der Waals surface area contributed by atoms with E-state index in [4.69, 9.17) is 0 Å². The summed E-state index contributed by atoms with van der Waals surface area (Å²) in [6.07, 6.45) is -4.46. The summed E-state index contributed by atoms with van der Waals surface area (Å²) in [5.41, 5.74) is 0.439. The molecule has 2 aromatic rings. The number of halogens is 3. The molecule has 5 nitrogen and oxygen atoms in total. The van der Waals surface area contributed by atoms with Crippen molar-refractivity contribution >= 4 is 11.8 Å². The molecule has 0 spiro atoms. The Labute approximate surface area is 167 Å². The molecule has 0 aliphatic heterocycles. The fourth-order valence-electron chi connectivity index (χ4n) is 2.91. The number of amides is 2. The van der Waals surface area contributed by atoms with Gasteiger partial charge >= 0.3 is 6.18 Å². The topological polar surface area (TPSA) is 62.3 Å². The van der Waals surface area contributed by atoms with Crippen LogP contribution in [0.4, 0.5) is 13.2 Å². The zero-order chi connectivity index (χ0) is 21.9. The lowest BCUT2D eigenvalue weighted by Crippen LogP contribution is -2.33. The summed E-state index contributed by atoms with van der Waals surface area (Å²) < 4.78 is 39.1. The first-order chi connectivity index (χ1) is 13.4. The van der Waals surface area contributed by atoms with Crippen LogP contribution in [-0.4, -0.2) is 35.8 Å². The number of alkyl halides is 3. The third-order valence-corrected chi connectivity index (χ3v) is 4.48. The average molecular weight is 407 g/mol. The molecule has 1 atom stereocenters. The number of aromatic nitrogens is 1. The van der Waals surface area contributed by atoms with E-state index >= 15 is 0 Å². The standard InChI is InChI=1S/C21H24F3N3O2/c1-12(2)18(14-7-6-8-15(11-14)21(22,23)24)26-19(28)16-9-10-17(25-13(16)3)20(29)27(4)5/h6-12,18H,1-5H3,(H,26,28). The van der Waals surface area contributed by atoms with Crippen LogP contribution in [0.15, 0.2) is 36.4 Å². The van der Waals surface area contributed by atoms with Crippen molar-refractivity contribution in [3.8, 4) is 0 Å². The first-order valence-corrected chi connectivity index (χ1v) is 9.09. The molecule has 0 aliphatic rings. The first kappa shape index (κ1) is 22.4. The molecule has 156 valence electrons. The van der Waals surface area contributed by atoms with E-state index in [-0.39, 0.29) is 23.1 Å². The monoisotopic (exact) mass is 407 g/mol. The molecule has 2 amide bonds. The zero-order valence-corrected chi connectivity index (χ0v) is 17.0. The van der Waals surface area contributed by atoms with E-state index in [1.807, 2.05) is 13.8 Å². The number of aryl methyl sites for hydroxylation is 1. The molecule has 8 heteroatoms. The van der Waals surface area contributed by atoms with Crippen molar-refractivity contribution in [1.29, 1.82) is 0 Å². The van der Waals surface area contributed by atoms with Gasteiger partial charge in [0.2, 0.25) is 0 Å². The number of hydrogen-bond donors (Lipinski definition) is 1. The molecule has 0 saturated carbocycles. The lowest BCUT2D eigenvalue weighted by Gasteiger charge is -2.24. The van der Waals surface area contributed by atoms with Gasteiger partial charge in [0.15, 0.2) is 0 Å². The van der Waals surface area contributed by atoms with Crippen LogP contribution >= 0.6 is 0 Å². The molecule has 1 N–H and O–H groups in total. The van der Waals surface area contributed by atoms with Crippen LogP contribution in [0.1, 0.15) is 57.6 Å². The van der Waals surface area contributed by atoms with Crippen molar-refractivity contribution in [3.05, 3.63) is 64.5 Å². The molecule has 0 saturated heterocycles. The van der Waals surface area contributed by atoms with E-state index in [2.05, 4.69) is 10.3 Å². The Hall–Kier alpha value is -2.90. The van der Waals surface area contributed by atoms with Crippen LogP contribution in [0, 0.1) is 12.8 Å². The van der Waals surface area contributed by atoms with Gasteiger partial charge in [-0.25, -0.2) is 4.98 Å². The van der Waals surface area contributed by atoms with Crippen LogP contribution < -0.4 is 5.32 Å². The summed E-state index contributed by atoms with van der Waals surface area (Å²) in [5.74, 6) is -0.899. The number of pyridine rings is 1. The number of hydrogen-bond acceptors (Lipinski definition) is 3. The van der Waals surface area contributed by atoms with Gasteiger partial charge in [0.25, 0.3) is 11.8 Å². The Balaban J connectivity index is 2.30. The van der Waals surface area contributed by atoms with E-state index in [1.54, 1.807) is 27.1 Å². The summed E-state index contributed by atoms with van der Waals surface area (Å²) in [6, 6.07) is 7.27. The second kappa shape index (κ2) is 8.63. The number of carbonyl (C=O) groups is 2. The lowest BCUT2D eigenvalue weighted by molar-refractivity contribution is -0.137. The highest BCUT2D eigenvalue weighted by Crippen LogP contribution is 2.32. The van der Waals surface area contributed by atoms with Gasteiger partial charge in [-0.3, -0.25) is 9.59 Å². The van der Waals surface area contributed by atoms with Crippen LogP contribution in [-0.2, 0) is 6.18 Å². The van der Waals surface area contributed by atoms with E-state index in [1.165, 1.54) is 23.1 Å². The molecule has 0 fully saturated rings. The SMILES string of the molecule is Cc1nc(C(=O)N(C)C)ccc1C(=O)NC(c1cccc(C(F)(F)F)c1)C(C)C. The summed E-state index contributed by atoms with van der Waals surface area (Å²) >= 11 is 0. The molecule has 0 aliphatic carbocycles. The molecular formula is C21H24F3N3O2. The molecule has 0 radical (unpaired) electrons. The highest BCUT2D eigenvalue weighted by atomic mass is 19.4. The van der Waals surface area contributed by atoms with Gasteiger partial charge in [-0.05, 0) is 42.7 Å². The molecule has 1 unspecified atom stereocenters. The van der Waals surface area contributed by atoms with E-state index in [0.717, 1.165) is 12.1 Å². The first-order valence-electron chi connectivity index (χ1n) is 9.09. The largest absolute Gasteiger partial charge is 0.416 e. The van der Waals surface area contributed by atoms with Crippen molar-refractivity contribution in [2.24, 2.45) is 5.92 Å². The van der Waals surface area contributed by atoms with Crippen LogP contribution in [0.5, 0.6) is 0 Å². The van der Waals surface area contributed by atoms with Gasteiger partial charge in [-0.2, -0.15) is 13.2 Å². The van der Waals surface area contributed by atoms with Gasteiger partial charge in [0.05, 0.1) is 22.9 Å². The quantitative estimate of drug-likeness (QED) is 0.807. The van der Waals surface area contributed by atoms with E-state index in [0.29, 0.717) is 11.3 Å². The van der Waals surface area contributed by atoms with Crippen LogP contribution in [0.25, 0.3) is 0 Å². The number of nitrogens with zero attached hydrogens (tertiary/aromatic N) is 2. The highest BCUT2D eigenvalue weighted by molar-refractivity contribution is 5.97. The van der Waals surface area contributed by atoms with Crippen molar-refractivity contribution in [2.75, 3.05) is 14.1 Å². The molecule has 2 rings (SSSR count). The minimum atomic E-state index is -4.46. The molecule has 1 aromatic heterocycles. The average Bonchev–Trinajstić information content (AvgIpc) is 2.64. The van der Waals surface area contributed by atoms with Gasteiger partial charge in [0.1, 0.15) is 5.69 Å². The maximum absolute atomic E-state index is 13.0. The van der Waals surface area contributed by atoms with Gasteiger partial charge in [-0.1, -0.05) is 26.0 Å². The summed E-state index contributed by atoms with van der Waals surface area (Å²) in [7, 11) is 3.20. The predicted octanol–water partition coefficient (Wildman–Crippen LogP) is 4.24. The van der Waals surface area contributed by atoms with Crippen molar-refractivity contribution in [2.45, 2.75) is 33.0 Å². The molecule has 0 bridgehead atoms. The van der Waals surface area contributed by atoms with Gasteiger partial charge in [-0.15, -0.1) is 0 Å². The van der Waals surface area contributed by atoms with Crippen molar-refractivity contribution < 1.29 is 22.8 Å². The maximum atomic E-state index is 13.0. The minimum Gasteiger partial charge on any atom is -0.345 e. The number of carbonyl (C=O) groups excluding carboxylic acids is 2. The van der Waals surface area contributed by atoms with Crippen molar-refractivity contribution in [1.82, 2.24) is 15.2 Å². The maximum Gasteiger partial charge on any atom is 0.416 e. The predicted molar refractivity (Wildman–Crippen MR) is 103 cm³/mol. The minimum absolute atomic E-state index is 0.148. The summed E-state index contributed by atoms with van der Waals surface area (Å²) in [4.78, 5) is 30.4. The van der Waals surface area contributed by atoms with Gasteiger partial charge in [0, 0.05) is 14.1 Å². The third-order valence-electron chi connectivity index (χ3n) is 4.48. The fraction of sp³-hybridized carbons (Fsp3) is 0.381. The van der Waals surface area contributed by atoms with Crippen LogP contribution in [0.3, 0.4) is 0 Å². The third kappa shape index (κ3) is 5.34. The number of nitrogens with one attached hydrogen (secondary N) is 1. The molecule has 1 aromatic carbocycles. The Morgan fingerprint density at radius 2 is 1.76 bits per heavy atom. The highest BCUT2D eigenvalue weighted by Gasteiger charge is 2.31. The normalized spacial score (nSPS) is 12.6. The van der Waals surface area contributed by atoms with Crippen LogP contribution in [0.2, 0.25) is 0 Å². The Morgan fingerprint density at radius 3 is 2.28 bits per heavy atom. The molecular weight excluding hydrogens is 383 g/mol. The second-order valence-corrected chi connectivity index (χ2v) is 7.35. The Kier molecular flexibility index (Phi) is 6.66. The fourth-order valence-corrected chi connectivity index (χ4v) is 2.91. The second-order valence-electron chi connectivity index (χ2n) is 7.35. The zero-order valence-electron chi connectivity index (χ0n) is 17.0. The summed E-state index contributed by atoms with van der Waals surface area (Å²) in [6.45, 7) is 5.24. The lowest BCUT2D eigenvalue weighted by atomic mass is 9.94. The molecule has 1 heterocycles. The van der Waals surface area contributed by atoms with E-state index in [9.17, 15) is 22.8 Å². The van der Waals surface area contributed by atoms with Crippen molar-refractivity contribution in [3.63, 3.8) is 0 Å². The van der Waals surface area contributed by atoms with E-state index < -0.39 is 23.7 Å². The number of benzene rings is 1. The smallest absolute Gasteiger partial charge is 0.345 e.